The fourth-order valence-electron chi connectivity index (χ4n) is 1.52. The molecule has 0 radical (unpaired) electrons. The number of allylic oxidation sites excluding steroid dienone is 1. The van der Waals surface area contributed by atoms with Gasteiger partial charge in [-0.2, -0.15) is 0 Å². The summed E-state index contributed by atoms with van der Waals surface area (Å²) in [6.45, 7) is 4.06. The molecule has 0 N–H and O–H groups in total. The van der Waals surface area contributed by atoms with Crippen molar-refractivity contribution in [2.75, 3.05) is 0 Å². The maximum Gasteiger partial charge on any atom is 0.0934 e. The van der Waals surface area contributed by atoms with Crippen molar-refractivity contribution in [2.24, 2.45) is 0 Å². The number of halogens is 1. The van der Waals surface area contributed by atoms with Crippen LogP contribution in [0.3, 0.4) is 0 Å². The fraction of sp³-hybridized carbons (Fsp3) is 0.154. The van der Waals surface area contributed by atoms with Crippen LogP contribution in [0.25, 0.3) is 16.5 Å². The van der Waals surface area contributed by atoms with Gasteiger partial charge in [0.2, 0.25) is 0 Å². The minimum atomic E-state index is 0.810. The van der Waals surface area contributed by atoms with E-state index in [9.17, 15) is 0 Å². The zero-order valence-corrected chi connectivity index (χ0v) is 10.8. The molecule has 82 valence electrons. The highest BCUT2D eigenvalue weighted by molar-refractivity contribution is 7.19. The molecule has 1 nitrogen and oxygen atoms in total. The normalized spacial score (nSPS) is 11.2. The van der Waals surface area contributed by atoms with E-state index in [1.165, 1.54) is 5.56 Å². The first kappa shape index (κ1) is 11.4. The molecule has 0 aliphatic carbocycles. The molecule has 0 atom stereocenters. The molecule has 0 aromatic carbocycles. The molecule has 16 heavy (non-hydrogen) atoms. The minimum Gasteiger partial charge on any atom is -0.256 e. The predicted octanol–water partition coefficient (Wildman–Crippen LogP) is 4.81. The lowest BCUT2D eigenvalue weighted by Crippen LogP contribution is -1.87. The zero-order chi connectivity index (χ0) is 11.5. The van der Waals surface area contributed by atoms with Crippen LogP contribution in [-0.4, -0.2) is 4.98 Å². The molecular formula is C13H12ClNS. The molecule has 3 heteroatoms. The van der Waals surface area contributed by atoms with Crippen LogP contribution in [0.15, 0.2) is 30.5 Å². The first-order valence-corrected chi connectivity index (χ1v) is 6.25. The van der Waals surface area contributed by atoms with Crippen LogP contribution in [0, 0.1) is 6.92 Å². The van der Waals surface area contributed by atoms with Gasteiger partial charge in [0.05, 0.1) is 10.0 Å². The van der Waals surface area contributed by atoms with Gasteiger partial charge >= 0.3 is 0 Å². The highest BCUT2D eigenvalue weighted by Crippen LogP contribution is 2.31. The Labute approximate surface area is 104 Å². The van der Waals surface area contributed by atoms with Crippen LogP contribution >= 0.6 is 22.9 Å². The third kappa shape index (κ3) is 2.34. The average molecular weight is 250 g/mol. The first-order valence-electron chi connectivity index (χ1n) is 5.06. The van der Waals surface area contributed by atoms with Gasteiger partial charge in [0, 0.05) is 16.6 Å². The molecule has 2 rings (SSSR count). The summed E-state index contributed by atoms with van der Waals surface area (Å²) in [5.41, 5.74) is 3.33. The number of hydrogen-bond donors (Lipinski definition) is 0. The third-order valence-corrected chi connectivity index (χ3v) is 3.58. The Balaban J connectivity index is 2.41. The molecule has 0 bridgehead atoms. The Kier molecular flexibility index (Phi) is 3.42. The molecule has 2 aromatic heterocycles. The number of hydrogen-bond acceptors (Lipinski definition) is 2. The van der Waals surface area contributed by atoms with Gasteiger partial charge < -0.3 is 0 Å². The standard InChI is InChI=1S/C13H12ClNS/c1-3-4-11-9(2)7-10(8-15-11)12-5-6-13(14)16-12/h3-8H,1-2H3/b4-3-. The van der Waals surface area contributed by atoms with Crippen molar-refractivity contribution in [1.29, 1.82) is 0 Å². The topological polar surface area (TPSA) is 12.9 Å². The summed E-state index contributed by atoms with van der Waals surface area (Å²) in [7, 11) is 0. The van der Waals surface area contributed by atoms with Crippen LogP contribution in [-0.2, 0) is 0 Å². The molecule has 0 aliphatic heterocycles. The van der Waals surface area contributed by atoms with E-state index in [4.69, 9.17) is 11.6 Å². The highest BCUT2D eigenvalue weighted by Gasteiger charge is 2.04. The summed E-state index contributed by atoms with van der Waals surface area (Å²) in [4.78, 5) is 5.59. The summed E-state index contributed by atoms with van der Waals surface area (Å²) in [5, 5.41) is 0. The fourth-order valence-corrected chi connectivity index (χ4v) is 2.55. The third-order valence-electron chi connectivity index (χ3n) is 2.30. The van der Waals surface area contributed by atoms with Gasteiger partial charge in [0.1, 0.15) is 0 Å². The van der Waals surface area contributed by atoms with Crippen molar-refractivity contribution in [3.8, 4) is 10.4 Å². The smallest absolute Gasteiger partial charge is 0.0934 e. The van der Waals surface area contributed by atoms with E-state index >= 15 is 0 Å². The van der Waals surface area contributed by atoms with Gasteiger partial charge in [0.25, 0.3) is 0 Å². The van der Waals surface area contributed by atoms with Crippen molar-refractivity contribution >= 4 is 29.0 Å². The summed E-state index contributed by atoms with van der Waals surface area (Å²) in [5.74, 6) is 0. The van der Waals surface area contributed by atoms with Crippen LogP contribution in [0.5, 0.6) is 0 Å². The Morgan fingerprint density at radius 1 is 1.38 bits per heavy atom. The second kappa shape index (κ2) is 4.81. The van der Waals surface area contributed by atoms with E-state index in [2.05, 4.69) is 18.0 Å². The molecule has 0 spiro atoms. The van der Waals surface area contributed by atoms with Crippen molar-refractivity contribution in [2.45, 2.75) is 13.8 Å². The van der Waals surface area contributed by atoms with Crippen molar-refractivity contribution in [1.82, 2.24) is 4.98 Å². The minimum absolute atomic E-state index is 0.810. The second-order valence-corrected chi connectivity index (χ2v) is 5.24. The molecule has 0 aliphatic rings. The lowest BCUT2D eigenvalue weighted by molar-refractivity contribution is 1.24. The molecule has 0 saturated heterocycles. The molecule has 2 aromatic rings. The van der Waals surface area contributed by atoms with Crippen LogP contribution in [0.1, 0.15) is 18.2 Å². The average Bonchev–Trinajstić information content (AvgIpc) is 2.68. The van der Waals surface area contributed by atoms with Crippen molar-refractivity contribution in [3.05, 3.63) is 46.1 Å². The maximum atomic E-state index is 5.92. The number of rotatable bonds is 2. The van der Waals surface area contributed by atoms with E-state index < -0.39 is 0 Å². The zero-order valence-electron chi connectivity index (χ0n) is 9.20. The van der Waals surface area contributed by atoms with E-state index in [1.54, 1.807) is 11.3 Å². The van der Waals surface area contributed by atoms with Crippen LogP contribution in [0.2, 0.25) is 4.34 Å². The van der Waals surface area contributed by atoms with Gasteiger partial charge in [-0.25, -0.2) is 0 Å². The predicted molar refractivity (Wildman–Crippen MR) is 72.0 cm³/mol. The quantitative estimate of drug-likeness (QED) is 0.745. The molecular weight excluding hydrogens is 238 g/mol. The molecule has 0 amide bonds. The summed E-state index contributed by atoms with van der Waals surface area (Å²) in [6, 6.07) is 6.08. The summed E-state index contributed by atoms with van der Waals surface area (Å²) >= 11 is 7.49. The molecule has 0 fully saturated rings. The van der Waals surface area contributed by atoms with Crippen molar-refractivity contribution < 1.29 is 0 Å². The lowest BCUT2D eigenvalue weighted by Gasteiger charge is -2.02. The number of nitrogens with zero attached hydrogens (tertiary/aromatic N) is 1. The second-order valence-electron chi connectivity index (χ2n) is 3.53. The van der Waals surface area contributed by atoms with E-state index in [-0.39, 0.29) is 0 Å². The van der Waals surface area contributed by atoms with Crippen LogP contribution in [0.4, 0.5) is 0 Å². The van der Waals surface area contributed by atoms with Crippen molar-refractivity contribution in [3.63, 3.8) is 0 Å². The van der Waals surface area contributed by atoms with Gasteiger partial charge in [-0.3, -0.25) is 4.98 Å². The van der Waals surface area contributed by atoms with E-state index in [0.29, 0.717) is 0 Å². The Hall–Kier alpha value is -1.12. The lowest BCUT2D eigenvalue weighted by atomic mass is 10.1. The van der Waals surface area contributed by atoms with E-state index in [1.807, 2.05) is 37.4 Å². The summed E-state index contributed by atoms with van der Waals surface area (Å²) in [6.07, 6.45) is 5.90. The molecule has 2 heterocycles. The van der Waals surface area contributed by atoms with E-state index in [0.717, 1.165) is 20.5 Å². The molecule has 0 unspecified atom stereocenters. The summed E-state index contributed by atoms with van der Waals surface area (Å²) < 4.78 is 0.810. The number of aryl methyl sites for hydroxylation is 1. The Morgan fingerprint density at radius 3 is 2.75 bits per heavy atom. The Bertz CT molecular complexity index is 528. The van der Waals surface area contributed by atoms with Gasteiger partial charge in [-0.1, -0.05) is 17.7 Å². The number of thiophene rings is 1. The first-order chi connectivity index (χ1) is 7.70. The Morgan fingerprint density at radius 2 is 2.19 bits per heavy atom. The monoisotopic (exact) mass is 249 g/mol. The molecule has 0 saturated carbocycles. The van der Waals surface area contributed by atoms with Crippen LogP contribution < -0.4 is 0 Å². The SMILES string of the molecule is C/C=C\c1ncc(-c2ccc(Cl)s2)cc1C. The van der Waals surface area contributed by atoms with Gasteiger partial charge in [0.15, 0.2) is 0 Å². The number of aromatic nitrogens is 1. The van der Waals surface area contributed by atoms with Gasteiger partial charge in [-0.05, 0) is 43.7 Å². The highest BCUT2D eigenvalue weighted by atomic mass is 35.5. The number of pyridine rings is 1. The van der Waals surface area contributed by atoms with Gasteiger partial charge in [-0.15, -0.1) is 11.3 Å². The maximum absolute atomic E-state index is 5.92. The largest absolute Gasteiger partial charge is 0.256 e.